The number of ether oxygens (including phenoxy) is 1. The maximum absolute atomic E-state index is 13.4. The number of carbonyl (C=O) groups excluding carboxylic acids is 1. The van der Waals surface area contributed by atoms with Crippen molar-refractivity contribution in [2.75, 3.05) is 44.3 Å². The molecule has 1 aliphatic carbocycles. The van der Waals surface area contributed by atoms with Crippen LogP contribution in [-0.2, 0) is 16.1 Å². The fourth-order valence-corrected chi connectivity index (χ4v) is 5.67. The van der Waals surface area contributed by atoms with Gasteiger partial charge in [-0.1, -0.05) is 12.1 Å². The first kappa shape index (κ1) is 25.8. The molecule has 41 heavy (non-hydrogen) atoms. The number of likely N-dealkylation sites (tertiary alicyclic amines) is 1. The molecule has 1 amide bonds. The molecule has 1 aromatic carbocycles. The monoisotopic (exact) mass is 556 g/mol. The number of aliphatic hydroxyl groups is 1. The highest BCUT2D eigenvalue weighted by atomic mass is 16.5. The normalized spacial score (nSPS) is 19.0. The number of anilines is 1. The van der Waals surface area contributed by atoms with E-state index in [0.29, 0.717) is 56.1 Å². The molecule has 3 fully saturated rings. The molecule has 0 radical (unpaired) electrons. The fraction of sp³-hybridized carbons (Fsp3) is 0.448. The lowest BCUT2D eigenvalue weighted by molar-refractivity contribution is -0.137. The van der Waals surface area contributed by atoms with Crippen molar-refractivity contribution in [3.63, 3.8) is 0 Å². The van der Waals surface area contributed by atoms with E-state index in [-0.39, 0.29) is 23.9 Å². The van der Waals surface area contributed by atoms with Crippen molar-refractivity contribution in [3.05, 3.63) is 59.5 Å². The Morgan fingerprint density at radius 1 is 1.00 bits per heavy atom. The van der Waals surface area contributed by atoms with Gasteiger partial charge in [0.05, 0.1) is 37.2 Å². The number of benzene rings is 1. The molecule has 12 nitrogen and oxygen atoms in total. The molecule has 3 aromatic heterocycles. The van der Waals surface area contributed by atoms with Crippen molar-refractivity contribution >= 4 is 22.9 Å². The summed E-state index contributed by atoms with van der Waals surface area (Å²) in [6.45, 7) is 4.03. The van der Waals surface area contributed by atoms with Crippen LogP contribution in [0.15, 0.2) is 54.0 Å². The van der Waals surface area contributed by atoms with Crippen molar-refractivity contribution in [1.82, 2.24) is 34.2 Å². The second-order valence-electron chi connectivity index (χ2n) is 11.2. The van der Waals surface area contributed by atoms with Crippen molar-refractivity contribution in [2.45, 2.75) is 37.8 Å². The van der Waals surface area contributed by atoms with E-state index >= 15 is 0 Å². The largest absolute Gasteiger partial charge is 0.388 e. The minimum atomic E-state index is -1.07. The smallest absolute Gasteiger partial charge is 0.264 e. The predicted molar refractivity (Wildman–Crippen MR) is 151 cm³/mol. The van der Waals surface area contributed by atoms with E-state index in [4.69, 9.17) is 4.74 Å². The van der Waals surface area contributed by atoms with Gasteiger partial charge in [0.2, 0.25) is 11.9 Å². The first-order valence-corrected chi connectivity index (χ1v) is 14.2. The summed E-state index contributed by atoms with van der Waals surface area (Å²) in [4.78, 5) is 43.4. The highest BCUT2D eigenvalue weighted by molar-refractivity contribution is 5.81. The minimum absolute atomic E-state index is 0.126. The average molecular weight is 557 g/mol. The third-order valence-electron chi connectivity index (χ3n) is 8.31. The Kier molecular flexibility index (Phi) is 6.51. The van der Waals surface area contributed by atoms with E-state index in [1.54, 1.807) is 4.68 Å². The van der Waals surface area contributed by atoms with Crippen LogP contribution in [0.3, 0.4) is 0 Å². The first-order chi connectivity index (χ1) is 20.0. The number of hydrogen-bond acceptors (Lipinski definition) is 9. The van der Waals surface area contributed by atoms with Crippen LogP contribution in [-0.4, -0.2) is 90.2 Å². The van der Waals surface area contributed by atoms with Gasteiger partial charge in [-0.2, -0.15) is 5.10 Å². The summed E-state index contributed by atoms with van der Waals surface area (Å²) in [5.74, 6) is 1.05. The van der Waals surface area contributed by atoms with Crippen LogP contribution in [0.5, 0.6) is 0 Å². The van der Waals surface area contributed by atoms with E-state index < -0.39 is 5.60 Å². The SMILES string of the molecule is O=C(C1CC1)N1CCC(O)(Cn2cnc3c(cnn3-c3cccc(-c4cnc(N5CCOCC5)nc4)c3)c2=O)CC1. The Morgan fingerprint density at radius 3 is 2.49 bits per heavy atom. The third-order valence-corrected chi connectivity index (χ3v) is 8.31. The minimum Gasteiger partial charge on any atom is -0.388 e. The van der Waals surface area contributed by atoms with Crippen LogP contribution in [0, 0.1) is 5.92 Å². The van der Waals surface area contributed by atoms with Gasteiger partial charge in [0, 0.05) is 50.1 Å². The lowest BCUT2D eigenvalue weighted by atomic mass is 9.91. The van der Waals surface area contributed by atoms with Gasteiger partial charge in [0.1, 0.15) is 11.7 Å². The number of rotatable bonds is 6. The molecule has 4 aromatic rings. The van der Waals surface area contributed by atoms with Crippen LogP contribution < -0.4 is 10.5 Å². The van der Waals surface area contributed by atoms with Gasteiger partial charge in [0.15, 0.2) is 5.65 Å². The third kappa shape index (κ3) is 5.08. The zero-order chi connectivity index (χ0) is 28.0. The van der Waals surface area contributed by atoms with Crippen LogP contribution in [0.25, 0.3) is 27.8 Å². The van der Waals surface area contributed by atoms with Gasteiger partial charge in [-0.3, -0.25) is 14.2 Å². The summed E-state index contributed by atoms with van der Waals surface area (Å²) in [5, 5.41) is 16.1. The highest BCUT2D eigenvalue weighted by Crippen LogP contribution is 2.33. The fourth-order valence-electron chi connectivity index (χ4n) is 5.67. The average Bonchev–Trinajstić information content (AvgIpc) is 3.78. The molecule has 12 heteroatoms. The topological polar surface area (TPSA) is 132 Å². The molecule has 2 aliphatic heterocycles. The van der Waals surface area contributed by atoms with E-state index in [9.17, 15) is 14.7 Å². The van der Waals surface area contributed by atoms with Crippen molar-refractivity contribution < 1.29 is 14.6 Å². The molecule has 1 saturated carbocycles. The number of carbonyl (C=O) groups is 1. The van der Waals surface area contributed by atoms with Crippen LogP contribution in [0.1, 0.15) is 25.7 Å². The van der Waals surface area contributed by atoms with Crippen molar-refractivity contribution in [1.29, 1.82) is 0 Å². The maximum Gasteiger partial charge on any atom is 0.264 e. The number of nitrogens with zero attached hydrogens (tertiary/aromatic N) is 8. The van der Waals surface area contributed by atoms with E-state index in [1.807, 2.05) is 41.6 Å². The quantitative estimate of drug-likeness (QED) is 0.376. The molecular formula is C29H32N8O4. The number of amides is 1. The van der Waals surface area contributed by atoms with Crippen molar-refractivity contribution in [2.24, 2.45) is 5.92 Å². The van der Waals surface area contributed by atoms with Crippen LogP contribution in [0.2, 0.25) is 0 Å². The summed E-state index contributed by atoms with van der Waals surface area (Å²) in [6.07, 6.45) is 9.42. The number of hydrogen-bond donors (Lipinski definition) is 1. The van der Waals surface area contributed by atoms with E-state index in [0.717, 1.165) is 42.7 Å². The van der Waals surface area contributed by atoms with Gasteiger partial charge in [-0.25, -0.2) is 19.6 Å². The van der Waals surface area contributed by atoms with Gasteiger partial charge in [0.25, 0.3) is 5.56 Å². The predicted octanol–water partition coefficient (Wildman–Crippen LogP) is 1.64. The second kappa shape index (κ2) is 10.3. The molecule has 5 heterocycles. The molecule has 0 bridgehead atoms. The summed E-state index contributed by atoms with van der Waals surface area (Å²) >= 11 is 0. The molecular weight excluding hydrogens is 524 g/mol. The van der Waals surface area contributed by atoms with E-state index in [2.05, 4.69) is 25.0 Å². The summed E-state index contributed by atoms with van der Waals surface area (Å²) < 4.78 is 8.51. The molecule has 0 unspecified atom stereocenters. The zero-order valence-electron chi connectivity index (χ0n) is 22.7. The summed E-state index contributed by atoms with van der Waals surface area (Å²) in [5.41, 5.74) is 1.67. The molecule has 0 atom stereocenters. The molecule has 212 valence electrons. The van der Waals surface area contributed by atoms with Crippen molar-refractivity contribution in [3.8, 4) is 16.8 Å². The summed E-state index contributed by atoms with van der Waals surface area (Å²) in [6, 6.07) is 7.77. The van der Waals surface area contributed by atoms with Crippen LogP contribution >= 0.6 is 0 Å². The Balaban J connectivity index is 1.09. The maximum atomic E-state index is 13.4. The summed E-state index contributed by atoms with van der Waals surface area (Å²) in [7, 11) is 0. The number of fused-ring (bicyclic) bond motifs is 1. The molecule has 1 N–H and O–H groups in total. The Morgan fingerprint density at radius 2 is 1.76 bits per heavy atom. The van der Waals surface area contributed by atoms with Gasteiger partial charge in [-0.15, -0.1) is 0 Å². The van der Waals surface area contributed by atoms with Gasteiger partial charge < -0.3 is 19.6 Å². The molecule has 2 saturated heterocycles. The molecule has 7 rings (SSSR count). The Bertz CT molecular complexity index is 1630. The lowest BCUT2D eigenvalue weighted by Crippen LogP contribution is -2.50. The number of morpholine rings is 1. The second-order valence-corrected chi connectivity index (χ2v) is 11.2. The van der Waals surface area contributed by atoms with Crippen LogP contribution in [0.4, 0.5) is 5.95 Å². The standard InChI is InChI=1S/C29H32N8O4/c38-26(20-4-5-20)34-8-6-29(40,7-9-34)18-36-19-32-25-24(27(36)39)17-33-37(25)23-3-1-2-21(14-23)22-15-30-28(31-16-22)35-10-12-41-13-11-35/h1-3,14-17,19-20,40H,4-13,18H2. The number of aromatic nitrogens is 6. The van der Waals surface area contributed by atoms with Gasteiger partial charge in [-0.05, 0) is 43.4 Å². The Labute approximate surface area is 236 Å². The Hall–Kier alpha value is -4.16. The lowest BCUT2D eigenvalue weighted by Gasteiger charge is -2.38. The van der Waals surface area contributed by atoms with E-state index in [1.165, 1.54) is 17.1 Å². The molecule has 3 aliphatic rings. The zero-order valence-corrected chi connectivity index (χ0v) is 22.7. The highest BCUT2D eigenvalue weighted by Gasteiger charge is 2.39. The van der Waals surface area contributed by atoms with Gasteiger partial charge >= 0.3 is 0 Å². The molecule has 0 spiro atoms. The number of piperidine rings is 1. The first-order valence-electron chi connectivity index (χ1n) is 14.2.